The Hall–Kier alpha value is -1.62. The minimum Gasteiger partial charge on any atom is -0.460 e. The van der Waals surface area contributed by atoms with Gasteiger partial charge in [0.15, 0.2) is 0 Å². The van der Waals surface area contributed by atoms with E-state index in [1.807, 2.05) is 0 Å². The van der Waals surface area contributed by atoms with Crippen molar-refractivity contribution in [3.63, 3.8) is 0 Å². The zero-order valence-corrected chi connectivity index (χ0v) is 12.7. The molecule has 0 unspecified atom stereocenters. The van der Waals surface area contributed by atoms with Crippen molar-refractivity contribution in [2.24, 2.45) is 0 Å². The van der Waals surface area contributed by atoms with Crippen molar-refractivity contribution in [2.45, 2.75) is 6.54 Å². The Morgan fingerprint density at radius 2 is 2.00 bits per heavy atom. The van der Waals surface area contributed by atoms with Gasteiger partial charge in [-0.2, -0.15) is 11.3 Å². The first kappa shape index (κ1) is 13.1. The molecule has 2 aromatic heterocycles. The summed E-state index contributed by atoms with van der Waals surface area (Å²) >= 11 is 1.73. The molecule has 1 N–H and O–H groups in total. The van der Waals surface area contributed by atoms with E-state index in [0.29, 0.717) is 0 Å². The van der Waals surface area contributed by atoms with Gasteiger partial charge in [0.2, 0.25) is 0 Å². The Balaban J connectivity index is 1.60. The lowest BCUT2D eigenvalue weighted by atomic mass is 10.1. The van der Waals surface area contributed by atoms with Crippen LogP contribution in [-0.4, -0.2) is 31.1 Å². The van der Waals surface area contributed by atoms with E-state index in [9.17, 15) is 0 Å². The first-order valence-corrected chi connectivity index (χ1v) is 8.31. The molecule has 1 saturated heterocycles. The lowest BCUT2D eigenvalue weighted by Crippen LogP contribution is -2.42. The van der Waals surface area contributed by atoms with Gasteiger partial charge in [0, 0.05) is 31.6 Å². The molecule has 4 rings (SSSR count). The molecule has 0 amide bonds. The molecule has 0 atom stereocenters. The second-order valence-corrected chi connectivity index (χ2v) is 6.28. The van der Waals surface area contributed by atoms with Gasteiger partial charge in [0.1, 0.15) is 11.3 Å². The Labute approximate surface area is 128 Å². The highest BCUT2D eigenvalue weighted by atomic mass is 32.1. The molecule has 0 aliphatic carbocycles. The fourth-order valence-corrected chi connectivity index (χ4v) is 3.54. The highest BCUT2D eigenvalue weighted by molar-refractivity contribution is 7.08. The number of rotatable bonds is 3. The first-order chi connectivity index (χ1) is 10.4. The third-order valence-electron chi connectivity index (χ3n) is 4.01. The van der Waals surface area contributed by atoms with Crippen molar-refractivity contribution in [3.8, 4) is 11.1 Å². The summed E-state index contributed by atoms with van der Waals surface area (Å²) < 4.78 is 5.98. The molecule has 1 aromatic carbocycles. The van der Waals surface area contributed by atoms with Crippen LogP contribution in [0.5, 0.6) is 0 Å². The lowest BCUT2D eigenvalue weighted by Gasteiger charge is -2.26. The predicted octanol–water partition coefficient (Wildman–Crippen LogP) is 3.57. The summed E-state index contributed by atoms with van der Waals surface area (Å²) in [6, 6.07) is 10.8. The molecular weight excluding hydrogens is 280 g/mol. The Morgan fingerprint density at radius 3 is 2.81 bits per heavy atom. The standard InChI is InChI=1S/C17H18N2OS/c1-2-17-15(9-13(1)14-3-8-21-12-14)10-16(20-17)11-19-6-4-18-5-7-19/h1-3,8-10,12,18H,4-7,11H2. The number of piperazine rings is 1. The zero-order valence-electron chi connectivity index (χ0n) is 11.8. The first-order valence-electron chi connectivity index (χ1n) is 7.37. The quantitative estimate of drug-likeness (QED) is 0.801. The highest BCUT2D eigenvalue weighted by Gasteiger charge is 2.13. The minimum atomic E-state index is 0.907. The SMILES string of the molecule is c1cc(-c2ccc3oc(CN4CCNCC4)cc3c2)cs1. The number of benzene rings is 1. The molecule has 1 fully saturated rings. The average Bonchev–Trinajstić information content (AvgIpc) is 3.16. The maximum atomic E-state index is 5.98. The van der Waals surface area contributed by atoms with Crippen molar-refractivity contribution in [3.05, 3.63) is 46.9 Å². The summed E-state index contributed by atoms with van der Waals surface area (Å²) in [6.45, 7) is 5.24. The summed E-state index contributed by atoms with van der Waals surface area (Å²) in [5.74, 6) is 1.06. The van der Waals surface area contributed by atoms with Gasteiger partial charge in [-0.05, 0) is 46.2 Å². The largest absolute Gasteiger partial charge is 0.460 e. The summed E-state index contributed by atoms with van der Waals surface area (Å²) in [6.07, 6.45) is 0. The molecule has 1 aliphatic heterocycles. The summed E-state index contributed by atoms with van der Waals surface area (Å²) in [5.41, 5.74) is 3.53. The van der Waals surface area contributed by atoms with Gasteiger partial charge in [-0.3, -0.25) is 4.90 Å². The van der Waals surface area contributed by atoms with E-state index in [2.05, 4.69) is 51.3 Å². The third kappa shape index (κ3) is 2.75. The monoisotopic (exact) mass is 298 g/mol. The molecule has 4 heteroatoms. The van der Waals surface area contributed by atoms with Gasteiger partial charge >= 0.3 is 0 Å². The second kappa shape index (κ2) is 5.64. The smallest absolute Gasteiger partial charge is 0.134 e. The van der Waals surface area contributed by atoms with Crippen LogP contribution in [0.25, 0.3) is 22.1 Å². The number of nitrogens with zero attached hydrogens (tertiary/aromatic N) is 1. The van der Waals surface area contributed by atoms with Crippen LogP contribution in [0.2, 0.25) is 0 Å². The normalized spacial score (nSPS) is 16.6. The number of hydrogen-bond acceptors (Lipinski definition) is 4. The molecule has 1 aliphatic rings. The molecule has 108 valence electrons. The van der Waals surface area contributed by atoms with E-state index < -0.39 is 0 Å². The molecular formula is C17H18N2OS. The number of nitrogens with one attached hydrogen (secondary N) is 1. The van der Waals surface area contributed by atoms with Crippen molar-refractivity contribution < 1.29 is 4.42 Å². The van der Waals surface area contributed by atoms with Crippen LogP contribution in [0.1, 0.15) is 5.76 Å². The second-order valence-electron chi connectivity index (χ2n) is 5.50. The fraction of sp³-hybridized carbons (Fsp3) is 0.294. The molecule has 3 aromatic rings. The lowest BCUT2D eigenvalue weighted by molar-refractivity contribution is 0.218. The fourth-order valence-electron chi connectivity index (χ4n) is 2.87. The molecule has 21 heavy (non-hydrogen) atoms. The van der Waals surface area contributed by atoms with Crippen molar-refractivity contribution in [1.82, 2.24) is 10.2 Å². The molecule has 0 bridgehead atoms. The number of hydrogen-bond donors (Lipinski definition) is 1. The molecule has 0 saturated carbocycles. The Morgan fingerprint density at radius 1 is 1.10 bits per heavy atom. The van der Waals surface area contributed by atoms with Crippen LogP contribution in [0.3, 0.4) is 0 Å². The van der Waals surface area contributed by atoms with Crippen LogP contribution in [0.4, 0.5) is 0 Å². The number of fused-ring (bicyclic) bond motifs is 1. The van der Waals surface area contributed by atoms with Gasteiger partial charge in [-0.1, -0.05) is 6.07 Å². The van der Waals surface area contributed by atoms with Gasteiger partial charge in [0.05, 0.1) is 6.54 Å². The van der Waals surface area contributed by atoms with Crippen molar-refractivity contribution in [2.75, 3.05) is 26.2 Å². The van der Waals surface area contributed by atoms with E-state index in [-0.39, 0.29) is 0 Å². The van der Waals surface area contributed by atoms with E-state index in [4.69, 9.17) is 4.42 Å². The van der Waals surface area contributed by atoms with Gasteiger partial charge in [-0.15, -0.1) is 0 Å². The van der Waals surface area contributed by atoms with Crippen molar-refractivity contribution in [1.29, 1.82) is 0 Å². The summed E-state index contributed by atoms with van der Waals surface area (Å²) in [7, 11) is 0. The van der Waals surface area contributed by atoms with Crippen LogP contribution in [0, 0.1) is 0 Å². The third-order valence-corrected chi connectivity index (χ3v) is 4.69. The average molecular weight is 298 g/mol. The van der Waals surface area contributed by atoms with Gasteiger partial charge in [-0.25, -0.2) is 0 Å². The van der Waals surface area contributed by atoms with Crippen LogP contribution in [-0.2, 0) is 6.54 Å². The molecule has 3 heterocycles. The maximum absolute atomic E-state index is 5.98. The molecule has 0 spiro atoms. The Bertz CT molecular complexity index is 726. The maximum Gasteiger partial charge on any atom is 0.134 e. The summed E-state index contributed by atoms with van der Waals surface area (Å²) in [4.78, 5) is 2.44. The van der Waals surface area contributed by atoms with E-state index >= 15 is 0 Å². The zero-order chi connectivity index (χ0) is 14.1. The highest BCUT2D eigenvalue weighted by Crippen LogP contribution is 2.28. The van der Waals surface area contributed by atoms with Crippen LogP contribution in [0.15, 0.2) is 45.5 Å². The van der Waals surface area contributed by atoms with Crippen LogP contribution >= 0.6 is 11.3 Å². The predicted molar refractivity (Wildman–Crippen MR) is 87.7 cm³/mol. The minimum absolute atomic E-state index is 0.907. The number of furan rings is 1. The van der Waals surface area contributed by atoms with Gasteiger partial charge < -0.3 is 9.73 Å². The topological polar surface area (TPSA) is 28.4 Å². The molecule has 0 radical (unpaired) electrons. The summed E-state index contributed by atoms with van der Waals surface area (Å²) in [5, 5.41) is 8.88. The number of thiophene rings is 1. The molecule has 3 nitrogen and oxygen atoms in total. The van der Waals surface area contributed by atoms with E-state index in [1.165, 1.54) is 16.5 Å². The van der Waals surface area contributed by atoms with E-state index in [0.717, 1.165) is 44.1 Å². The Kier molecular flexibility index (Phi) is 3.51. The van der Waals surface area contributed by atoms with E-state index in [1.54, 1.807) is 11.3 Å². The van der Waals surface area contributed by atoms with Crippen LogP contribution < -0.4 is 5.32 Å². The van der Waals surface area contributed by atoms with Gasteiger partial charge in [0.25, 0.3) is 0 Å². The van der Waals surface area contributed by atoms with Crippen molar-refractivity contribution >= 4 is 22.3 Å².